The summed E-state index contributed by atoms with van der Waals surface area (Å²) < 4.78 is 2.61. The van der Waals surface area contributed by atoms with Gasteiger partial charge in [0.05, 0.1) is 0 Å². The third-order valence-corrected chi connectivity index (χ3v) is 2.84. The van der Waals surface area contributed by atoms with Crippen LogP contribution in [0.25, 0.3) is 11.2 Å². The van der Waals surface area contributed by atoms with E-state index in [0.717, 1.165) is 23.8 Å². The van der Waals surface area contributed by atoms with Gasteiger partial charge in [-0.05, 0) is 6.42 Å². The van der Waals surface area contributed by atoms with Gasteiger partial charge < -0.3 is 9.97 Å². The van der Waals surface area contributed by atoms with Gasteiger partial charge in [-0.2, -0.15) is 0 Å². The molecule has 0 saturated carbocycles. The maximum atomic E-state index is 12.0. The second kappa shape index (κ2) is 6.36. The zero-order valence-electron chi connectivity index (χ0n) is 11.0. The summed E-state index contributed by atoms with van der Waals surface area (Å²) in [7, 11) is 1.47. The fraction of sp³-hybridized carbons (Fsp3) is 0.545. The Kier molecular flexibility index (Phi) is 5.37. The summed E-state index contributed by atoms with van der Waals surface area (Å²) in [6.07, 6.45) is 4.35. The summed E-state index contributed by atoms with van der Waals surface area (Å²) in [5, 5.41) is 0. The van der Waals surface area contributed by atoms with Gasteiger partial charge in [-0.1, -0.05) is 26.1 Å². The topological polar surface area (TPSA) is 71.0 Å². The van der Waals surface area contributed by atoms with E-state index >= 15 is 0 Å². The third kappa shape index (κ3) is 2.60. The van der Waals surface area contributed by atoms with Crippen molar-refractivity contribution in [3.05, 3.63) is 27.2 Å². The molecule has 0 aliphatic carbocycles. The largest absolute Gasteiger partial charge is 1.00 e. The molecule has 18 heavy (non-hydrogen) atoms. The first kappa shape index (κ1) is 15.2. The zero-order valence-corrected chi connectivity index (χ0v) is 13.0. The van der Waals surface area contributed by atoms with Gasteiger partial charge in [0.15, 0.2) is 0 Å². The summed E-state index contributed by atoms with van der Waals surface area (Å²) in [4.78, 5) is 31.6. The van der Waals surface area contributed by atoms with E-state index in [1.54, 1.807) is 0 Å². The summed E-state index contributed by atoms with van der Waals surface area (Å²) >= 11 is 0. The van der Waals surface area contributed by atoms with Crippen LogP contribution in [0.4, 0.5) is 0 Å². The number of fused-ring (bicyclic) bond motifs is 1. The van der Waals surface area contributed by atoms with Crippen molar-refractivity contribution in [2.24, 2.45) is 7.05 Å². The smallest absolute Gasteiger partial charge is 0.437 e. The Bertz CT molecular complexity index is 641. The monoisotopic (exact) mass is 258 g/mol. The quantitative estimate of drug-likeness (QED) is 0.440. The number of nitrogens with zero attached hydrogens (tertiary/aromatic N) is 4. The summed E-state index contributed by atoms with van der Waals surface area (Å²) in [6.45, 7) is 2.68. The number of rotatable bonds is 4. The Morgan fingerprint density at radius 1 is 1.33 bits per heavy atom. The van der Waals surface area contributed by atoms with Crippen LogP contribution in [0.15, 0.2) is 15.9 Å². The number of imidazole rings is 1. The summed E-state index contributed by atoms with van der Waals surface area (Å²) in [5.41, 5.74) is -0.0360. The Hall–Kier alpha value is -0.850. The SMILES string of the molecule is CCCCCn1c(=O)n(C)c(=O)c2[n-]cnc21.[Na+]. The summed E-state index contributed by atoms with van der Waals surface area (Å²) in [5.74, 6) is 0. The van der Waals surface area contributed by atoms with Gasteiger partial charge in [0.1, 0.15) is 0 Å². The molecule has 0 N–H and O–H groups in total. The molecule has 0 spiro atoms. The van der Waals surface area contributed by atoms with E-state index in [0.29, 0.717) is 12.2 Å². The van der Waals surface area contributed by atoms with Gasteiger partial charge in [0.25, 0.3) is 5.56 Å². The first-order valence-corrected chi connectivity index (χ1v) is 5.74. The molecule has 0 radical (unpaired) electrons. The molecule has 6 nitrogen and oxygen atoms in total. The Labute approximate surface area is 126 Å². The average molecular weight is 258 g/mol. The van der Waals surface area contributed by atoms with Crippen LogP contribution in [-0.2, 0) is 13.6 Å². The van der Waals surface area contributed by atoms with Crippen LogP contribution >= 0.6 is 0 Å². The normalized spacial score (nSPS) is 10.6. The van der Waals surface area contributed by atoms with Crippen LogP contribution in [0.1, 0.15) is 26.2 Å². The van der Waals surface area contributed by atoms with Gasteiger partial charge >= 0.3 is 35.2 Å². The minimum absolute atomic E-state index is 0. The fourth-order valence-electron chi connectivity index (χ4n) is 1.85. The Morgan fingerprint density at radius 2 is 2.06 bits per heavy atom. The number of hydrogen-bond donors (Lipinski definition) is 0. The first-order chi connectivity index (χ1) is 8.16. The molecule has 0 aromatic carbocycles. The number of aryl methyl sites for hydroxylation is 1. The molecule has 0 saturated heterocycles. The molecule has 0 bridgehead atoms. The molecule has 2 heterocycles. The molecule has 0 aliphatic rings. The van der Waals surface area contributed by atoms with E-state index in [1.165, 1.54) is 17.9 Å². The van der Waals surface area contributed by atoms with Crippen LogP contribution in [0, 0.1) is 0 Å². The fourth-order valence-corrected chi connectivity index (χ4v) is 1.85. The van der Waals surface area contributed by atoms with Crippen molar-refractivity contribution < 1.29 is 29.6 Å². The van der Waals surface area contributed by atoms with Gasteiger partial charge in [-0.3, -0.25) is 13.9 Å². The predicted molar refractivity (Wildman–Crippen MR) is 64.1 cm³/mol. The van der Waals surface area contributed by atoms with Crippen molar-refractivity contribution in [2.75, 3.05) is 0 Å². The van der Waals surface area contributed by atoms with Crippen molar-refractivity contribution in [1.29, 1.82) is 0 Å². The van der Waals surface area contributed by atoms with E-state index in [4.69, 9.17) is 0 Å². The molecule has 0 fully saturated rings. The van der Waals surface area contributed by atoms with Crippen molar-refractivity contribution >= 4 is 11.2 Å². The van der Waals surface area contributed by atoms with E-state index < -0.39 is 0 Å². The van der Waals surface area contributed by atoms with Crippen molar-refractivity contribution in [1.82, 2.24) is 19.1 Å². The molecule has 0 atom stereocenters. The van der Waals surface area contributed by atoms with Gasteiger partial charge in [0.2, 0.25) is 0 Å². The van der Waals surface area contributed by atoms with Crippen LogP contribution < -0.4 is 45.8 Å². The van der Waals surface area contributed by atoms with E-state index in [2.05, 4.69) is 16.9 Å². The van der Waals surface area contributed by atoms with Crippen LogP contribution in [0.2, 0.25) is 0 Å². The van der Waals surface area contributed by atoms with Crippen molar-refractivity contribution in [3.63, 3.8) is 0 Å². The Morgan fingerprint density at radius 3 is 2.72 bits per heavy atom. The third-order valence-electron chi connectivity index (χ3n) is 2.84. The van der Waals surface area contributed by atoms with Crippen LogP contribution in [0.3, 0.4) is 0 Å². The predicted octanol–water partition coefficient (Wildman–Crippen LogP) is -2.75. The Balaban J connectivity index is 0.00000162. The maximum Gasteiger partial charge on any atom is 1.00 e. The standard InChI is InChI=1S/C11H16N4O2.Na/c1-3-4-5-6-15-9-8(12-7-13-9)10(16)14(2)11(15)17;/h7H,3-6H2,1-2H3,(H,12,13,16);/q;+1/p-1. The van der Waals surface area contributed by atoms with Crippen LogP contribution in [0.5, 0.6) is 0 Å². The second-order valence-electron chi connectivity index (χ2n) is 4.05. The second-order valence-corrected chi connectivity index (χ2v) is 4.05. The van der Waals surface area contributed by atoms with E-state index in [1.807, 2.05) is 0 Å². The van der Waals surface area contributed by atoms with E-state index in [-0.39, 0.29) is 46.3 Å². The number of unbranched alkanes of at least 4 members (excludes halogenated alkanes) is 2. The molecular weight excluding hydrogens is 243 g/mol. The molecule has 7 heteroatoms. The molecule has 2 rings (SSSR count). The molecule has 2 aromatic heterocycles. The van der Waals surface area contributed by atoms with Gasteiger partial charge in [-0.25, -0.2) is 4.79 Å². The number of aromatic nitrogens is 4. The zero-order chi connectivity index (χ0) is 12.4. The molecule has 0 aliphatic heterocycles. The van der Waals surface area contributed by atoms with Crippen molar-refractivity contribution in [2.45, 2.75) is 32.7 Å². The molecule has 0 unspecified atom stereocenters. The number of hydrogen-bond acceptors (Lipinski definition) is 3. The summed E-state index contributed by atoms with van der Waals surface area (Å²) in [6, 6.07) is 0. The first-order valence-electron chi connectivity index (χ1n) is 5.74. The molecular formula is C11H15N4NaO2. The van der Waals surface area contributed by atoms with Crippen molar-refractivity contribution in [3.8, 4) is 0 Å². The van der Waals surface area contributed by atoms with Crippen LogP contribution in [-0.4, -0.2) is 14.1 Å². The average Bonchev–Trinajstić information content (AvgIpc) is 2.80. The molecule has 2 aromatic rings. The minimum atomic E-state index is -0.380. The van der Waals surface area contributed by atoms with Gasteiger partial charge in [0, 0.05) is 24.8 Å². The minimum Gasteiger partial charge on any atom is -0.437 e. The molecule has 92 valence electrons. The van der Waals surface area contributed by atoms with Gasteiger partial charge in [-0.15, -0.1) is 0 Å². The van der Waals surface area contributed by atoms with E-state index in [9.17, 15) is 9.59 Å². The maximum absolute atomic E-state index is 12.0. The molecule has 0 amide bonds.